The van der Waals surface area contributed by atoms with E-state index in [9.17, 15) is 9.59 Å². The molecule has 0 N–H and O–H groups in total. The fraction of sp³-hybridized carbons (Fsp3) is 0.417. The molecule has 2 aromatic rings. The first kappa shape index (κ1) is 21.3. The molecule has 4 nitrogen and oxygen atoms in total. The minimum atomic E-state index is -2.21. The van der Waals surface area contributed by atoms with E-state index in [4.69, 9.17) is 0 Å². The highest BCUT2D eigenvalue weighted by atomic mass is 28.3. The van der Waals surface area contributed by atoms with E-state index in [0.29, 0.717) is 13.0 Å². The molecule has 1 atom stereocenters. The summed E-state index contributed by atoms with van der Waals surface area (Å²) >= 11 is 0. The monoisotopic (exact) mass is 408 g/mol. The van der Waals surface area contributed by atoms with E-state index in [-0.39, 0.29) is 11.9 Å². The lowest BCUT2D eigenvalue weighted by Crippen LogP contribution is -2.56. The highest BCUT2D eigenvalue weighted by molar-refractivity contribution is 6.81. The lowest BCUT2D eigenvalue weighted by molar-refractivity contribution is -0.131. The lowest BCUT2D eigenvalue weighted by Gasteiger charge is -2.36. The average molecular weight is 409 g/mol. The Morgan fingerprint density at radius 3 is 1.79 bits per heavy atom. The molecule has 1 fully saturated rings. The molecule has 0 spiro atoms. The average Bonchev–Trinajstić information content (AvgIpc) is 2.99. The van der Waals surface area contributed by atoms with Gasteiger partial charge in [-0.2, -0.15) is 0 Å². The van der Waals surface area contributed by atoms with Gasteiger partial charge in [0.25, 0.3) is 5.91 Å². The summed E-state index contributed by atoms with van der Waals surface area (Å²) in [5, 5.41) is 0. The van der Waals surface area contributed by atoms with Gasteiger partial charge in [0.15, 0.2) is 8.24 Å². The maximum Gasteiger partial charge on any atom is 0.320 e. The van der Waals surface area contributed by atoms with Crippen molar-refractivity contribution in [1.82, 2.24) is 9.47 Å². The quantitative estimate of drug-likeness (QED) is 0.411. The van der Waals surface area contributed by atoms with E-state index in [1.165, 1.54) is 0 Å². The number of carbonyl (C=O) groups is 2. The van der Waals surface area contributed by atoms with Gasteiger partial charge in [0.05, 0.1) is 0 Å². The first-order valence-corrected chi connectivity index (χ1v) is 13.3. The molecule has 5 heteroatoms. The minimum Gasteiger partial charge on any atom is -0.302 e. The first-order valence-electron chi connectivity index (χ1n) is 10.8. The number of hydrogen-bond acceptors (Lipinski definition) is 2. The molecule has 1 aliphatic rings. The Kier molecular flexibility index (Phi) is 6.27. The summed E-state index contributed by atoms with van der Waals surface area (Å²) in [5.41, 5.74) is 1.01. The molecular weight excluding hydrogens is 376 g/mol. The zero-order valence-corrected chi connectivity index (χ0v) is 19.0. The van der Waals surface area contributed by atoms with Crippen LogP contribution in [-0.2, 0) is 16.9 Å². The summed E-state index contributed by atoms with van der Waals surface area (Å²) in [5.74, 6) is -0.0238. The van der Waals surface area contributed by atoms with Crippen LogP contribution in [-0.4, -0.2) is 29.6 Å². The van der Waals surface area contributed by atoms with Gasteiger partial charge in [0.1, 0.15) is 5.54 Å². The smallest absolute Gasteiger partial charge is 0.302 e. The third-order valence-corrected chi connectivity index (χ3v) is 12.1. The Morgan fingerprint density at radius 2 is 1.31 bits per heavy atom. The van der Waals surface area contributed by atoms with Crippen LogP contribution in [0.1, 0.15) is 45.2 Å². The van der Waals surface area contributed by atoms with Crippen molar-refractivity contribution in [3.05, 3.63) is 71.8 Å². The Bertz CT molecular complexity index is 843. The predicted octanol–water partition coefficient (Wildman–Crippen LogP) is 5.76. The molecule has 1 heterocycles. The van der Waals surface area contributed by atoms with Crippen LogP contribution < -0.4 is 0 Å². The molecule has 0 aliphatic carbocycles. The lowest BCUT2D eigenvalue weighted by atomic mass is 9.85. The number of benzene rings is 2. The molecule has 0 aromatic heterocycles. The molecule has 0 radical (unpaired) electrons. The zero-order chi connectivity index (χ0) is 21.1. The van der Waals surface area contributed by atoms with Crippen molar-refractivity contribution in [3.63, 3.8) is 0 Å². The molecule has 1 saturated heterocycles. The van der Waals surface area contributed by atoms with E-state index in [1.807, 2.05) is 72.5 Å². The van der Waals surface area contributed by atoms with Gasteiger partial charge in [-0.1, -0.05) is 88.4 Å². The Morgan fingerprint density at radius 1 is 0.793 bits per heavy atom. The zero-order valence-electron chi connectivity index (χ0n) is 18.0. The topological polar surface area (TPSA) is 40.6 Å². The predicted molar refractivity (Wildman–Crippen MR) is 120 cm³/mol. The first-order chi connectivity index (χ1) is 14.0. The number of urea groups is 1. The highest BCUT2D eigenvalue weighted by Crippen LogP contribution is 2.45. The summed E-state index contributed by atoms with van der Waals surface area (Å²) in [7, 11) is -2.21. The molecule has 2 aromatic carbocycles. The highest BCUT2D eigenvalue weighted by Gasteiger charge is 2.61. The number of imide groups is 1. The van der Waals surface area contributed by atoms with Crippen LogP contribution in [0.4, 0.5) is 4.79 Å². The summed E-state index contributed by atoms with van der Waals surface area (Å²) in [6.07, 6.45) is 0.562. The second-order valence-corrected chi connectivity index (χ2v) is 12.9. The molecule has 0 bridgehead atoms. The molecule has 1 unspecified atom stereocenters. The van der Waals surface area contributed by atoms with E-state index in [1.54, 1.807) is 4.57 Å². The normalized spacial score (nSPS) is 19.9. The largest absolute Gasteiger partial charge is 0.320 e. The number of amides is 3. The van der Waals surface area contributed by atoms with E-state index in [0.717, 1.165) is 29.3 Å². The van der Waals surface area contributed by atoms with E-state index in [2.05, 4.69) is 20.8 Å². The van der Waals surface area contributed by atoms with Crippen molar-refractivity contribution in [2.24, 2.45) is 0 Å². The van der Waals surface area contributed by atoms with Crippen molar-refractivity contribution in [2.75, 3.05) is 0 Å². The van der Waals surface area contributed by atoms with Gasteiger partial charge in [-0.25, -0.2) is 4.79 Å². The summed E-state index contributed by atoms with van der Waals surface area (Å²) < 4.78 is 1.73. The van der Waals surface area contributed by atoms with Gasteiger partial charge < -0.3 is 4.90 Å². The standard InChI is InChI=1S/C24H32N2O2Si/c1-5-24(21-17-13-10-14-18-21)22(27)26(29(6-2,7-3)8-4)23(28)25(24)19-20-15-11-9-12-16-20/h9-18H,5-8,19H2,1-4H3. The summed E-state index contributed by atoms with van der Waals surface area (Å²) in [6.45, 7) is 8.86. The number of hydrogen-bond donors (Lipinski definition) is 0. The van der Waals surface area contributed by atoms with Crippen LogP contribution in [0.15, 0.2) is 60.7 Å². The molecule has 29 heavy (non-hydrogen) atoms. The molecule has 3 amide bonds. The number of carbonyl (C=O) groups excluding carboxylic acids is 2. The van der Waals surface area contributed by atoms with Crippen LogP contribution in [0.2, 0.25) is 18.1 Å². The number of rotatable bonds is 8. The van der Waals surface area contributed by atoms with Gasteiger partial charge in [-0.15, -0.1) is 0 Å². The fourth-order valence-corrected chi connectivity index (χ4v) is 8.41. The van der Waals surface area contributed by atoms with Crippen LogP contribution in [0.5, 0.6) is 0 Å². The second kappa shape index (κ2) is 8.53. The van der Waals surface area contributed by atoms with Gasteiger partial charge in [0, 0.05) is 6.54 Å². The van der Waals surface area contributed by atoms with Gasteiger partial charge in [-0.3, -0.25) is 9.36 Å². The van der Waals surface area contributed by atoms with Crippen LogP contribution in [0, 0.1) is 0 Å². The van der Waals surface area contributed by atoms with E-state index >= 15 is 0 Å². The molecule has 154 valence electrons. The van der Waals surface area contributed by atoms with Crippen molar-refractivity contribution < 1.29 is 9.59 Å². The van der Waals surface area contributed by atoms with Crippen molar-refractivity contribution in [1.29, 1.82) is 0 Å². The second-order valence-electron chi connectivity index (χ2n) is 7.86. The van der Waals surface area contributed by atoms with Crippen molar-refractivity contribution in [2.45, 2.75) is 64.3 Å². The maximum atomic E-state index is 14.1. The third kappa shape index (κ3) is 3.31. The van der Waals surface area contributed by atoms with Crippen molar-refractivity contribution in [3.8, 4) is 0 Å². The molecule has 1 aliphatic heterocycles. The molecule has 3 rings (SSSR count). The van der Waals surface area contributed by atoms with Crippen molar-refractivity contribution >= 4 is 20.2 Å². The Balaban J connectivity index is 2.19. The summed E-state index contributed by atoms with van der Waals surface area (Å²) in [4.78, 5) is 29.8. The van der Waals surface area contributed by atoms with Gasteiger partial charge in [-0.05, 0) is 35.7 Å². The molecular formula is C24H32N2O2Si. The minimum absolute atomic E-state index is 0.0238. The van der Waals surface area contributed by atoms with Gasteiger partial charge in [0.2, 0.25) is 0 Å². The molecule has 0 saturated carbocycles. The fourth-order valence-electron chi connectivity index (χ4n) is 4.82. The van der Waals surface area contributed by atoms with Crippen LogP contribution in [0.3, 0.4) is 0 Å². The maximum absolute atomic E-state index is 14.1. The van der Waals surface area contributed by atoms with E-state index < -0.39 is 13.8 Å². The van der Waals surface area contributed by atoms with Gasteiger partial charge >= 0.3 is 6.03 Å². The number of nitrogens with zero attached hydrogens (tertiary/aromatic N) is 2. The van der Waals surface area contributed by atoms with Crippen LogP contribution in [0.25, 0.3) is 0 Å². The SMILES string of the molecule is CCC1(c2ccccc2)C(=O)N([Si](CC)(CC)CC)C(=O)N1Cc1ccccc1. The summed E-state index contributed by atoms with van der Waals surface area (Å²) in [6, 6.07) is 22.4. The van der Waals surface area contributed by atoms with Crippen LogP contribution >= 0.6 is 0 Å². The Hall–Kier alpha value is -2.40. The Labute approximate surface area is 175 Å². The third-order valence-electron chi connectivity index (χ3n) is 6.84.